The van der Waals surface area contributed by atoms with Gasteiger partial charge in [-0.3, -0.25) is 9.59 Å². The minimum atomic E-state index is -1.72. The van der Waals surface area contributed by atoms with E-state index in [0.29, 0.717) is 10.9 Å². The topological polar surface area (TPSA) is 116 Å². The molecule has 1 heterocycles. The lowest BCUT2D eigenvalue weighted by Gasteiger charge is -2.16. The highest BCUT2D eigenvalue weighted by Crippen LogP contribution is 2.23. The van der Waals surface area contributed by atoms with Crippen molar-refractivity contribution in [2.24, 2.45) is 5.73 Å². The number of hydrogen-bond acceptors (Lipinski definition) is 4. The van der Waals surface area contributed by atoms with Crippen LogP contribution in [-0.4, -0.2) is 27.2 Å². The average Bonchev–Trinajstić information content (AvgIpc) is 2.37. The van der Waals surface area contributed by atoms with Gasteiger partial charge in [0.2, 0.25) is 5.91 Å². The van der Waals surface area contributed by atoms with Crippen molar-refractivity contribution in [3.63, 3.8) is 0 Å². The van der Waals surface area contributed by atoms with Gasteiger partial charge >= 0.3 is 0 Å². The number of hydrogen-bond donors (Lipinski definition) is 4. The first-order chi connectivity index (χ1) is 8.52. The molecule has 18 heavy (non-hydrogen) atoms. The molecule has 0 radical (unpaired) electrons. The van der Waals surface area contributed by atoms with Crippen molar-refractivity contribution in [3.8, 4) is 0 Å². The fourth-order valence-electron chi connectivity index (χ4n) is 1.80. The van der Waals surface area contributed by atoms with E-state index in [-0.39, 0.29) is 11.0 Å². The number of nitrogens with two attached hydrogens (primary N) is 1. The lowest BCUT2D eigenvalue weighted by molar-refractivity contribution is -0.131. The van der Waals surface area contributed by atoms with Crippen LogP contribution in [0.2, 0.25) is 0 Å². The van der Waals surface area contributed by atoms with Crippen molar-refractivity contribution in [2.45, 2.75) is 12.2 Å². The first-order valence-corrected chi connectivity index (χ1v) is 5.28. The van der Waals surface area contributed by atoms with Crippen molar-refractivity contribution in [3.05, 3.63) is 46.2 Å². The minimum Gasteiger partial charge on any atom is -0.385 e. The van der Waals surface area contributed by atoms with E-state index in [4.69, 9.17) is 5.73 Å². The van der Waals surface area contributed by atoms with Crippen molar-refractivity contribution in [1.82, 2.24) is 4.98 Å². The van der Waals surface area contributed by atoms with Gasteiger partial charge in [0.05, 0.1) is 5.52 Å². The Bertz CT molecular complexity index is 650. The number of fused-ring (bicyclic) bond motifs is 1. The van der Waals surface area contributed by atoms with Gasteiger partial charge in [0, 0.05) is 23.2 Å². The highest BCUT2D eigenvalue weighted by atomic mass is 16.3. The summed E-state index contributed by atoms with van der Waals surface area (Å²) in [5.41, 5.74) is 5.33. The second kappa shape index (κ2) is 4.59. The molecule has 0 bridgehead atoms. The van der Waals surface area contributed by atoms with Crippen molar-refractivity contribution < 1.29 is 15.0 Å². The normalized spacial score (nSPS) is 14.3. The number of nitrogens with one attached hydrogen (secondary N) is 1. The molecule has 94 valence electrons. The molecule has 0 aliphatic carbocycles. The molecule has 0 aliphatic heterocycles. The SMILES string of the molecule is NC(=O)C(O)C(O)c1cccc2c(=O)cc[nH]c12. The van der Waals surface area contributed by atoms with Gasteiger partial charge in [-0.1, -0.05) is 12.1 Å². The number of carbonyl (C=O) groups excluding carboxylic acids is 1. The second-order valence-electron chi connectivity index (χ2n) is 3.90. The van der Waals surface area contributed by atoms with Gasteiger partial charge < -0.3 is 20.9 Å². The van der Waals surface area contributed by atoms with Gasteiger partial charge in [-0.2, -0.15) is 0 Å². The van der Waals surface area contributed by atoms with Crippen LogP contribution < -0.4 is 11.2 Å². The van der Waals surface area contributed by atoms with Gasteiger partial charge in [0.15, 0.2) is 11.5 Å². The Hall–Kier alpha value is -2.18. The van der Waals surface area contributed by atoms with Crippen LogP contribution in [0, 0.1) is 0 Å². The van der Waals surface area contributed by atoms with Crippen molar-refractivity contribution >= 4 is 16.8 Å². The molecule has 0 fully saturated rings. The monoisotopic (exact) mass is 248 g/mol. The van der Waals surface area contributed by atoms with E-state index in [1.807, 2.05) is 0 Å². The third kappa shape index (κ3) is 1.99. The Labute approximate surface area is 102 Å². The molecule has 1 amide bonds. The van der Waals surface area contributed by atoms with E-state index in [1.54, 1.807) is 12.1 Å². The summed E-state index contributed by atoms with van der Waals surface area (Å²) in [6.07, 6.45) is -1.78. The fraction of sp³-hybridized carbons (Fsp3) is 0.167. The van der Waals surface area contributed by atoms with Gasteiger partial charge in [-0.25, -0.2) is 0 Å². The quantitative estimate of drug-likeness (QED) is 0.580. The van der Waals surface area contributed by atoms with Crippen LogP contribution in [-0.2, 0) is 4.79 Å². The molecular weight excluding hydrogens is 236 g/mol. The number of amides is 1. The van der Waals surface area contributed by atoms with E-state index >= 15 is 0 Å². The number of primary amides is 1. The number of aromatic amines is 1. The molecule has 0 saturated heterocycles. The molecule has 1 aromatic carbocycles. The fourth-order valence-corrected chi connectivity index (χ4v) is 1.80. The van der Waals surface area contributed by atoms with Gasteiger partial charge in [0.25, 0.3) is 0 Å². The maximum Gasteiger partial charge on any atom is 0.249 e. The zero-order valence-corrected chi connectivity index (χ0v) is 9.33. The first-order valence-electron chi connectivity index (χ1n) is 5.28. The average molecular weight is 248 g/mol. The molecule has 2 unspecified atom stereocenters. The van der Waals surface area contributed by atoms with Crippen LogP contribution >= 0.6 is 0 Å². The smallest absolute Gasteiger partial charge is 0.249 e. The lowest BCUT2D eigenvalue weighted by Crippen LogP contribution is -2.34. The molecule has 0 spiro atoms. The summed E-state index contributed by atoms with van der Waals surface area (Å²) < 4.78 is 0. The molecular formula is C12H12N2O4. The molecule has 5 N–H and O–H groups in total. The maximum absolute atomic E-state index is 11.6. The van der Waals surface area contributed by atoms with Gasteiger partial charge in [-0.05, 0) is 6.07 Å². The first kappa shape index (κ1) is 12.3. The summed E-state index contributed by atoms with van der Waals surface area (Å²) in [6.45, 7) is 0. The summed E-state index contributed by atoms with van der Waals surface area (Å²) in [7, 11) is 0. The predicted octanol–water partition coefficient (Wildman–Crippen LogP) is -0.592. The van der Waals surface area contributed by atoms with Crippen LogP contribution in [0.25, 0.3) is 10.9 Å². The van der Waals surface area contributed by atoms with E-state index in [2.05, 4.69) is 4.98 Å². The highest BCUT2D eigenvalue weighted by molar-refractivity contribution is 5.84. The number of aliphatic hydroxyl groups is 2. The Morgan fingerprint density at radius 2 is 2.00 bits per heavy atom. The minimum absolute atomic E-state index is 0.216. The molecule has 0 saturated carbocycles. The number of para-hydroxylation sites is 1. The number of aliphatic hydroxyl groups excluding tert-OH is 2. The Morgan fingerprint density at radius 1 is 1.28 bits per heavy atom. The molecule has 2 rings (SSSR count). The molecule has 0 aliphatic rings. The van der Waals surface area contributed by atoms with Crippen LogP contribution in [0.1, 0.15) is 11.7 Å². The Kier molecular flexibility index (Phi) is 3.14. The van der Waals surface area contributed by atoms with Crippen LogP contribution in [0.4, 0.5) is 0 Å². The zero-order valence-electron chi connectivity index (χ0n) is 9.33. The van der Waals surface area contributed by atoms with E-state index in [1.165, 1.54) is 18.3 Å². The molecule has 1 aromatic heterocycles. The number of pyridine rings is 1. The Morgan fingerprint density at radius 3 is 2.67 bits per heavy atom. The van der Waals surface area contributed by atoms with Crippen LogP contribution in [0.3, 0.4) is 0 Å². The molecule has 6 heteroatoms. The summed E-state index contributed by atoms with van der Waals surface area (Å²) in [6, 6.07) is 6.00. The standard InChI is InChI=1S/C12H12N2O4/c13-12(18)11(17)10(16)7-3-1-2-6-8(15)4-5-14-9(6)7/h1-5,10-11,16-17H,(H2,13,18)(H,14,15). The number of benzene rings is 1. The molecule has 2 atom stereocenters. The van der Waals surface area contributed by atoms with Gasteiger partial charge in [0.1, 0.15) is 6.10 Å². The zero-order chi connectivity index (χ0) is 13.3. The molecule has 6 nitrogen and oxygen atoms in total. The Balaban J connectivity index is 2.62. The van der Waals surface area contributed by atoms with E-state index in [0.717, 1.165) is 0 Å². The van der Waals surface area contributed by atoms with Gasteiger partial charge in [-0.15, -0.1) is 0 Å². The number of carbonyl (C=O) groups is 1. The largest absolute Gasteiger partial charge is 0.385 e. The highest BCUT2D eigenvalue weighted by Gasteiger charge is 2.25. The molecule has 2 aromatic rings. The van der Waals surface area contributed by atoms with E-state index < -0.39 is 18.1 Å². The number of H-pyrrole nitrogens is 1. The predicted molar refractivity (Wildman–Crippen MR) is 64.7 cm³/mol. The summed E-state index contributed by atoms with van der Waals surface area (Å²) in [4.78, 5) is 25.3. The third-order valence-electron chi connectivity index (χ3n) is 2.73. The number of rotatable bonds is 3. The van der Waals surface area contributed by atoms with E-state index in [9.17, 15) is 19.8 Å². The van der Waals surface area contributed by atoms with Crippen molar-refractivity contribution in [1.29, 1.82) is 0 Å². The summed E-state index contributed by atoms with van der Waals surface area (Å²) >= 11 is 0. The van der Waals surface area contributed by atoms with Crippen LogP contribution in [0.15, 0.2) is 35.3 Å². The maximum atomic E-state index is 11.6. The number of aromatic nitrogens is 1. The van der Waals surface area contributed by atoms with Crippen LogP contribution in [0.5, 0.6) is 0 Å². The second-order valence-corrected chi connectivity index (χ2v) is 3.90. The summed E-state index contributed by atoms with van der Waals surface area (Å²) in [5.74, 6) is -1.03. The summed E-state index contributed by atoms with van der Waals surface area (Å²) in [5, 5.41) is 19.7. The lowest BCUT2D eigenvalue weighted by atomic mass is 10.0. The third-order valence-corrected chi connectivity index (χ3v) is 2.73. The van der Waals surface area contributed by atoms with Crippen molar-refractivity contribution in [2.75, 3.05) is 0 Å².